The number of urea groups is 1. The summed E-state index contributed by atoms with van der Waals surface area (Å²) < 4.78 is 5.89. The summed E-state index contributed by atoms with van der Waals surface area (Å²) in [6.07, 6.45) is 4.76. The molecule has 1 fully saturated rings. The molecule has 3 amide bonds. The Morgan fingerprint density at radius 3 is 2.33 bits per heavy atom. The van der Waals surface area contributed by atoms with Gasteiger partial charge in [-0.05, 0) is 61.1 Å². The Labute approximate surface area is 255 Å². The number of anilines is 1. The van der Waals surface area contributed by atoms with Crippen LogP contribution in [0, 0.1) is 5.41 Å². The van der Waals surface area contributed by atoms with Crippen molar-refractivity contribution in [3.05, 3.63) is 59.2 Å². The Bertz CT molecular complexity index is 1470. The molecule has 0 unspecified atom stereocenters. The molecule has 1 heterocycles. The largest absolute Gasteiger partial charge is 0.481 e. The Kier molecular flexibility index (Phi) is 10.1. The summed E-state index contributed by atoms with van der Waals surface area (Å²) in [5.41, 5.74) is 1.79. The van der Waals surface area contributed by atoms with E-state index in [9.17, 15) is 19.2 Å². The second-order valence-electron chi connectivity index (χ2n) is 11.9. The van der Waals surface area contributed by atoms with Crippen LogP contribution in [0.1, 0.15) is 92.5 Å². The number of carbonyl (C=O) groups is 4. The molecular weight excluding hydrogens is 568 g/mol. The molecule has 0 saturated heterocycles. The number of nitrogens with one attached hydrogen (secondary N) is 2. The third kappa shape index (κ3) is 7.51. The zero-order valence-electron chi connectivity index (χ0n) is 25.2. The summed E-state index contributed by atoms with van der Waals surface area (Å²) in [6.45, 7) is 8.97. The van der Waals surface area contributed by atoms with Crippen LogP contribution >= 0.6 is 11.3 Å². The van der Waals surface area contributed by atoms with E-state index in [-0.39, 0.29) is 36.9 Å². The molecule has 0 radical (unpaired) electrons. The van der Waals surface area contributed by atoms with Crippen molar-refractivity contribution in [2.75, 3.05) is 18.5 Å². The van der Waals surface area contributed by atoms with Gasteiger partial charge in [0.1, 0.15) is 0 Å². The number of thiazole rings is 1. The molecule has 43 heavy (non-hydrogen) atoms. The summed E-state index contributed by atoms with van der Waals surface area (Å²) in [6, 6.07) is 12.0. The number of ether oxygens (including phenoxy) is 1. The minimum atomic E-state index is -0.975. The molecule has 2 aromatic carbocycles. The molecule has 0 spiro atoms. The second kappa shape index (κ2) is 13.5. The van der Waals surface area contributed by atoms with Crippen LogP contribution in [-0.4, -0.2) is 57.6 Å². The maximum absolute atomic E-state index is 14.1. The van der Waals surface area contributed by atoms with Crippen molar-refractivity contribution in [3.8, 4) is 0 Å². The van der Waals surface area contributed by atoms with Gasteiger partial charge in [0, 0.05) is 24.2 Å². The number of rotatable bonds is 10. The van der Waals surface area contributed by atoms with Crippen LogP contribution in [-0.2, 0) is 16.1 Å². The number of aromatic nitrogens is 1. The zero-order valence-corrected chi connectivity index (χ0v) is 26.0. The summed E-state index contributed by atoms with van der Waals surface area (Å²) in [5, 5.41) is 14.9. The third-order valence-electron chi connectivity index (χ3n) is 8.13. The number of esters is 1. The van der Waals surface area contributed by atoms with Gasteiger partial charge in [0.05, 0.1) is 28.8 Å². The molecule has 3 aromatic rings. The van der Waals surface area contributed by atoms with Crippen molar-refractivity contribution in [1.82, 2.24) is 15.2 Å². The molecule has 4 rings (SSSR count). The molecule has 0 aliphatic heterocycles. The van der Waals surface area contributed by atoms with E-state index in [4.69, 9.17) is 9.84 Å². The quantitative estimate of drug-likeness (QED) is 0.225. The normalized spacial score (nSPS) is 14.6. The maximum atomic E-state index is 14.1. The number of carboxylic acid groups (broad SMARTS) is 1. The molecule has 1 aromatic heterocycles. The van der Waals surface area contributed by atoms with Gasteiger partial charge in [-0.2, -0.15) is 0 Å². The van der Waals surface area contributed by atoms with Gasteiger partial charge >= 0.3 is 18.0 Å². The minimum absolute atomic E-state index is 0.0495. The predicted molar refractivity (Wildman–Crippen MR) is 166 cm³/mol. The van der Waals surface area contributed by atoms with Gasteiger partial charge < -0.3 is 20.1 Å². The van der Waals surface area contributed by atoms with Crippen LogP contribution in [0.5, 0.6) is 0 Å². The summed E-state index contributed by atoms with van der Waals surface area (Å²) in [7, 11) is 0. The van der Waals surface area contributed by atoms with Crippen molar-refractivity contribution in [2.45, 2.75) is 78.3 Å². The molecule has 1 aliphatic rings. The number of fused-ring (bicyclic) bond motifs is 1. The number of hydrogen-bond acceptors (Lipinski definition) is 7. The average molecular weight is 609 g/mol. The van der Waals surface area contributed by atoms with E-state index in [1.807, 2.05) is 17.0 Å². The van der Waals surface area contributed by atoms with Crippen LogP contribution in [0.3, 0.4) is 0 Å². The first-order valence-electron chi connectivity index (χ1n) is 14.7. The lowest BCUT2D eigenvalue weighted by molar-refractivity contribution is -0.136. The first kappa shape index (κ1) is 31.9. The van der Waals surface area contributed by atoms with Gasteiger partial charge in [0.25, 0.3) is 5.91 Å². The van der Waals surface area contributed by atoms with E-state index >= 15 is 0 Å². The Balaban J connectivity index is 1.60. The van der Waals surface area contributed by atoms with Crippen molar-refractivity contribution < 1.29 is 29.0 Å². The smallest absolute Gasteiger partial charge is 0.338 e. The van der Waals surface area contributed by atoms with E-state index in [1.54, 1.807) is 37.3 Å². The lowest BCUT2D eigenvalue weighted by Gasteiger charge is -2.54. The van der Waals surface area contributed by atoms with Crippen LogP contribution < -0.4 is 10.6 Å². The number of hydrogen-bond donors (Lipinski definition) is 3. The van der Waals surface area contributed by atoms with E-state index < -0.39 is 17.5 Å². The standard InChI is InChI=1S/C32H40N4O6S/c1-5-42-28(40)23-13-14-24-25(19-23)43-29(34-24)35-30(41)36(32(31(2,3)4)16-7-6-8-17-32)20-21-9-11-22(12-10-21)27(39)33-18-15-26(37)38/h9-14,19H,5-8,15-18,20H2,1-4H3,(H,33,39)(H,37,38)(H,34,35,41). The molecule has 10 nitrogen and oxygen atoms in total. The minimum Gasteiger partial charge on any atom is -0.481 e. The number of aliphatic carboxylic acids is 1. The lowest BCUT2D eigenvalue weighted by atomic mass is 9.64. The highest BCUT2D eigenvalue weighted by Crippen LogP contribution is 2.47. The summed E-state index contributed by atoms with van der Waals surface area (Å²) in [4.78, 5) is 56.1. The van der Waals surface area contributed by atoms with Crippen LogP contribution in [0.15, 0.2) is 42.5 Å². The number of nitrogens with zero attached hydrogens (tertiary/aromatic N) is 2. The van der Waals surface area contributed by atoms with E-state index in [0.717, 1.165) is 42.4 Å². The molecule has 1 saturated carbocycles. The predicted octanol–water partition coefficient (Wildman–Crippen LogP) is 6.46. The van der Waals surface area contributed by atoms with Crippen molar-refractivity contribution in [2.24, 2.45) is 5.41 Å². The molecule has 230 valence electrons. The second-order valence-corrected chi connectivity index (χ2v) is 12.9. The molecule has 3 N–H and O–H groups in total. The highest BCUT2D eigenvalue weighted by atomic mass is 32.1. The fourth-order valence-electron chi connectivity index (χ4n) is 5.79. The van der Waals surface area contributed by atoms with Crippen molar-refractivity contribution >= 4 is 50.6 Å². The Hall–Kier alpha value is -3.99. The Morgan fingerprint density at radius 1 is 1.02 bits per heavy atom. The molecular formula is C32H40N4O6S. The summed E-state index contributed by atoms with van der Waals surface area (Å²) in [5.74, 6) is -1.72. The van der Waals surface area contributed by atoms with E-state index in [2.05, 4.69) is 36.4 Å². The van der Waals surface area contributed by atoms with Crippen LogP contribution in [0.25, 0.3) is 10.2 Å². The molecule has 0 atom stereocenters. The van der Waals surface area contributed by atoms with Crippen molar-refractivity contribution in [3.63, 3.8) is 0 Å². The van der Waals surface area contributed by atoms with Gasteiger partial charge in [-0.15, -0.1) is 0 Å². The van der Waals surface area contributed by atoms with Crippen LogP contribution in [0.2, 0.25) is 0 Å². The van der Waals surface area contributed by atoms with Gasteiger partial charge in [-0.25, -0.2) is 14.6 Å². The van der Waals surface area contributed by atoms with Gasteiger partial charge in [-0.3, -0.25) is 14.9 Å². The average Bonchev–Trinajstić information content (AvgIpc) is 3.37. The number of amides is 3. The van der Waals surface area contributed by atoms with E-state index in [1.165, 1.54) is 11.3 Å². The first-order chi connectivity index (χ1) is 20.4. The van der Waals surface area contributed by atoms with Gasteiger partial charge in [-0.1, -0.05) is 63.5 Å². The fraction of sp³-hybridized carbons (Fsp3) is 0.469. The van der Waals surface area contributed by atoms with Crippen LogP contribution in [0.4, 0.5) is 9.93 Å². The summed E-state index contributed by atoms with van der Waals surface area (Å²) >= 11 is 1.31. The third-order valence-corrected chi connectivity index (χ3v) is 9.07. The number of benzene rings is 2. The van der Waals surface area contributed by atoms with Gasteiger partial charge in [0.2, 0.25) is 0 Å². The zero-order chi connectivity index (χ0) is 31.2. The highest BCUT2D eigenvalue weighted by molar-refractivity contribution is 7.22. The van der Waals surface area contributed by atoms with E-state index in [0.29, 0.717) is 28.3 Å². The Morgan fingerprint density at radius 2 is 1.70 bits per heavy atom. The fourth-order valence-corrected chi connectivity index (χ4v) is 6.68. The topological polar surface area (TPSA) is 138 Å². The maximum Gasteiger partial charge on any atom is 0.338 e. The highest BCUT2D eigenvalue weighted by Gasteiger charge is 2.49. The SMILES string of the molecule is CCOC(=O)c1ccc2nc(NC(=O)N(Cc3ccc(C(=O)NCCC(=O)O)cc3)C3(C(C)(C)C)CCCCC3)sc2c1. The molecule has 11 heteroatoms. The lowest BCUT2D eigenvalue weighted by Crippen LogP contribution is -2.60. The molecule has 1 aliphatic carbocycles. The first-order valence-corrected chi connectivity index (χ1v) is 15.5. The van der Waals surface area contributed by atoms with Gasteiger partial charge in [0.15, 0.2) is 5.13 Å². The molecule has 0 bridgehead atoms. The van der Waals surface area contributed by atoms with Crippen molar-refractivity contribution in [1.29, 1.82) is 0 Å². The number of carbonyl (C=O) groups excluding carboxylic acids is 3. The number of carboxylic acids is 1. The monoisotopic (exact) mass is 608 g/mol.